The Morgan fingerprint density at radius 2 is 2.44 bits per heavy atom. The van der Waals surface area contributed by atoms with E-state index >= 15 is 0 Å². The van der Waals surface area contributed by atoms with Crippen LogP contribution >= 0.6 is 22.6 Å². The van der Waals surface area contributed by atoms with Crippen molar-refractivity contribution in [3.8, 4) is 0 Å². The van der Waals surface area contributed by atoms with Gasteiger partial charge in [0.25, 0.3) is 5.56 Å². The third-order valence-corrected chi connectivity index (χ3v) is 2.35. The number of hydrogen-bond acceptors (Lipinski definition) is 4. The summed E-state index contributed by atoms with van der Waals surface area (Å²) in [6.45, 7) is 0.800. The molecule has 1 aromatic rings. The third kappa shape index (κ3) is 4.27. The van der Waals surface area contributed by atoms with E-state index in [9.17, 15) is 9.59 Å². The molecule has 1 aromatic heterocycles. The molecule has 0 spiro atoms. The van der Waals surface area contributed by atoms with Crippen LogP contribution in [-0.4, -0.2) is 35.9 Å². The van der Waals surface area contributed by atoms with Gasteiger partial charge in [-0.25, -0.2) is 4.68 Å². The van der Waals surface area contributed by atoms with Crippen LogP contribution in [0.15, 0.2) is 17.1 Å². The molecule has 0 atom stereocenters. The van der Waals surface area contributed by atoms with Crippen molar-refractivity contribution in [2.75, 3.05) is 20.3 Å². The largest absolute Gasteiger partial charge is 0.383 e. The van der Waals surface area contributed by atoms with Gasteiger partial charge < -0.3 is 10.1 Å². The van der Waals surface area contributed by atoms with Gasteiger partial charge in [0.1, 0.15) is 6.54 Å². The van der Waals surface area contributed by atoms with Crippen molar-refractivity contribution in [1.82, 2.24) is 15.1 Å². The van der Waals surface area contributed by atoms with Crippen LogP contribution in [0, 0.1) is 3.57 Å². The normalized spacial score (nSPS) is 10.1. The molecule has 0 unspecified atom stereocenters. The summed E-state index contributed by atoms with van der Waals surface area (Å²) in [7, 11) is 1.55. The van der Waals surface area contributed by atoms with Crippen LogP contribution in [-0.2, 0) is 16.1 Å². The van der Waals surface area contributed by atoms with Gasteiger partial charge in [0.05, 0.1) is 12.8 Å². The molecule has 0 bridgehead atoms. The summed E-state index contributed by atoms with van der Waals surface area (Å²) in [4.78, 5) is 22.8. The van der Waals surface area contributed by atoms with Crippen molar-refractivity contribution in [2.45, 2.75) is 6.54 Å². The number of halogens is 1. The molecule has 0 saturated carbocycles. The number of amides is 1. The lowest BCUT2D eigenvalue weighted by molar-refractivity contribution is -0.122. The Morgan fingerprint density at radius 1 is 1.69 bits per heavy atom. The topological polar surface area (TPSA) is 73.2 Å². The van der Waals surface area contributed by atoms with Gasteiger partial charge >= 0.3 is 0 Å². The maximum Gasteiger partial charge on any atom is 0.268 e. The molecule has 16 heavy (non-hydrogen) atoms. The Balaban J connectivity index is 2.53. The lowest BCUT2D eigenvalue weighted by Crippen LogP contribution is -2.34. The van der Waals surface area contributed by atoms with Crippen LogP contribution in [0.4, 0.5) is 0 Å². The van der Waals surface area contributed by atoms with Crippen molar-refractivity contribution in [2.24, 2.45) is 0 Å². The first-order valence-corrected chi connectivity index (χ1v) is 5.69. The van der Waals surface area contributed by atoms with Crippen molar-refractivity contribution in [1.29, 1.82) is 0 Å². The minimum Gasteiger partial charge on any atom is -0.383 e. The van der Waals surface area contributed by atoms with E-state index in [1.807, 2.05) is 22.6 Å². The molecule has 1 heterocycles. The first-order valence-electron chi connectivity index (χ1n) is 4.62. The fourth-order valence-corrected chi connectivity index (χ4v) is 1.41. The van der Waals surface area contributed by atoms with Crippen LogP contribution in [0.3, 0.4) is 0 Å². The molecule has 0 aliphatic carbocycles. The predicted molar refractivity (Wildman–Crippen MR) is 66.1 cm³/mol. The Kier molecular flexibility index (Phi) is 5.39. The van der Waals surface area contributed by atoms with E-state index in [4.69, 9.17) is 4.74 Å². The molecule has 0 saturated heterocycles. The van der Waals surface area contributed by atoms with Gasteiger partial charge in [-0.1, -0.05) is 0 Å². The van der Waals surface area contributed by atoms with E-state index in [1.54, 1.807) is 7.11 Å². The van der Waals surface area contributed by atoms with Crippen molar-refractivity contribution < 1.29 is 9.53 Å². The Morgan fingerprint density at radius 3 is 3.06 bits per heavy atom. The van der Waals surface area contributed by atoms with Crippen LogP contribution in [0.25, 0.3) is 0 Å². The molecule has 7 heteroatoms. The van der Waals surface area contributed by atoms with E-state index in [2.05, 4.69) is 10.4 Å². The summed E-state index contributed by atoms with van der Waals surface area (Å²) in [5.74, 6) is -0.257. The van der Waals surface area contributed by atoms with Crippen LogP contribution < -0.4 is 10.9 Å². The number of aromatic nitrogens is 2. The molecule has 6 nitrogen and oxygen atoms in total. The summed E-state index contributed by atoms with van der Waals surface area (Å²) in [6, 6.07) is 1.43. The zero-order valence-electron chi connectivity index (χ0n) is 8.77. The van der Waals surface area contributed by atoms with Crippen molar-refractivity contribution in [3.63, 3.8) is 0 Å². The lowest BCUT2D eigenvalue weighted by atomic mass is 10.5. The number of rotatable bonds is 5. The van der Waals surface area contributed by atoms with Gasteiger partial charge in [0, 0.05) is 23.3 Å². The van der Waals surface area contributed by atoms with Crippen LogP contribution in [0.5, 0.6) is 0 Å². The molecular weight excluding hydrogens is 325 g/mol. The van der Waals surface area contributed by atoms with Crippen molar-refractivity contribution in [3.05, 3.63) is 26.2 Å². The highest BCUT2D eigenvalue weighted by Gasteiger charge is 2.04. The number of hydrogen-bond donors (Lipinski definition) is 1. The molecular formula is C9H12IN3O3. The molecule has 1 N–H and O–H groups in total. The van der Waals surface area contributed by atoms with Gasteiger partial charge in [-0.15, -0.1) is 0 Å². The van der Waals surface area contributed by atoms with E-state index in [0.717, 1.165) is 8.25 Å². The number of carbonyl (C=O) groups excluding carboxylic acids is 1. The lowest BCUT2D eigenvalue weighted by Gasteiger charge is -2.05. The zero-order valence-corrected chi connectivity index (χ0v) is 10.9. The van der Waals surface area contributed by atoms with E-state index in [1.165, 1.54) is 12.3 Å². The fraction of sp³-hybridized carbons (Fsp3) is 0.444. The molecule has 1 amide bonds. The maximum absolute atomic E-state index is 11.4. The first kappa shape index (κ1) is 13.1. The average Bonchev–Trinajstić information content (AvgIpc) is 2.23. The van der Waals surface area contributed by atoms with E-state index < -0.39 is 0 Å². The highest BCUT2D eigenvalue weighted by molar-refractivity contribution is 14.1. The molecule has 0 fully saturated rings. The third-order valence-electron chi connectivity index (χ3n) is 1.76. The molecule has 1 rings (SSSR count). The van der Waals surface area contributed by atoms with E-state index in [-0.39, 0.29) is 18.0 Å². The highest BCUT2D eigenvalue weighted by atomic mass is 127. The number of nitrogens with one attached hydrogen (secondary N) is 1. The maximum atomic E-state index is 11.4. The van der Waals surface area contributed by atoms with Gasteiger partial charge in [0.2, 0.25) is 5.91 Å². The summed E-state index contributed by atoms with van der Waals surface area (Å²) in [5.41, 5.74) is -0.284. The second-order valence-electron chi connectivity index (χ2n) is 3.01. The van der Waals surface area contributed by atoms with Crippen LogP contribution in [0.2, 0.25) is 0 Å². The number of nitrogens with zero attached hydrogens (tertiary/aromatic N) is 2. The van der Waals surface area contributed by atoms with Gasteiger partial charge in [-0.3, -0.25) is 9.59 Å². The fourth-order valence-electron chi connectivity index (χ4n) is 1.01. The minimum atomic E-state index is -0.284. The minimum absolute atomic E-state index is 0.0700. The molecule has 0 aromatic carbocycles. The summed E-state index contributed by atoms with van der Waals surface area (Å²) >= 11 is 1.99. The van der Waals surface area contributed by atoms with Crippen LogP contribution in [0.1, 0.15) is 0 Å². The van der Waals surface area contributed by atoms with Crippen molar-refractivity contribution >= 4 is 28.5 Å². The summed E-state index contributed by atoms with van der Waals surface area (Å²) in [5, 5.41) is 6.46. The number of methoxy groups -OCH3 is 1. The summed E-state index contributed by atoms with van der Waals surface area (Å²) in [6.07, 6.45) is 1.53. The second-order valence-corrected chi connectivity index (χ2v) is 4.26. The predicted octanol–water partition coefficient (Wildman–Crippen LogP) is -0.390. The average molecular weight is 337 g/mol. The standard InChI is InChI=1S/C9H12IN3O3/c1-16-3-2-11-8(14)6-13-9(15)4-7(10)5-12-13/h4-5H,2-3,6H2,1H3,(H,11,14). The van der Waals surface area contributed by atoms with E-state index in [0.29, 0.717) is 13.2 Å². The van der Waals surface area contributed by atoms with Gasteiger partial charge in [-0.05, 0) is 22.6 Å². The van der Waals surface area contributed by atoms with Gasteiger partial charge in [0.15, 0.2) is 0 Å². The SMILES string of the molecule is COCCNC(=O)Cn1ncc(I)cc1=O. The van der Waals surface area contributed by atoms with Gasteiger partial charge in [-0.2, -0.15) is 5.10 Å². The second kappa shape index (κ2) is 6.59. The number of ether oxygens (including phenoxy) is 1. The molecule has 88 valence electrons. The molecule has 0 aliphatic rings. The summed E-state index contributed by atoms with van der Waals surface area (Å²) < 4.78 is 6.65. The molecule has 0 radical (unpaired) electrons. The highest BCUT2D eigenvalue weighted by Crippen LogP contribution is 1.95. The Hall–Kier alpha value is -0.960. The Bertz CT molecular complexity index is 419. The quantitative estimate of drug-likeness (QED) is 0.587. The first-order chi connectivity index (χ1) is 7.63. The zero-order chi connectivity index (χ0) is 12.0. The monoisotopic (exact) mass is 337 g/mol. The Labute approximate surface area is 106 Å². The smallest absolute Gasteiger partial charge is 0.268 e. The molecule has 0 aliphatic heterocycles. The number of carbonyl (C=O) groups is 1.